The molecule has 0 atom stereocenters. The van der Waals surface area contributed by atoms with Gasteiger partial charge in [0.15, 0.2) is 0 Å². The summed E-state index contributed by atoms with van der Waals surface area (Å²) in [7, 11) is 0. The van der Waals surface area contributed by atoms with Crippen LogP contribution in [-0.4, -0.2) is 36.3 Å². The lowest BCUT2D eigenvalue weighted by molar-refractivity contribution is -0.149. The lowest BCUT2D eigenvalue weighted by Gasteiger charge is -2.36. The van der Waals surface area contributed by atoms with Crippen LogP contribution in [0.1, 0.15) is 52.0 Å². The third-order valence-electron chi connectivity index (χ3n) is 5.19. The number of hydrogen-bond acceptors (Lipinski definition) is 2. The maximum Gasteiger partial charge on any atom is 0.237 e. The first-order chi connectivity index (χ1) is 11.9. The Balaban J connectivity index is 1.84. The van der Waals surface area contributed by atoms with Gasteiger partial charge in [-0.3, -0.25) is 9.59 Å². The molecular formula is C21H32N2O2. The smallest absolute Gasteiger partial charge is 0.237 e. The second kappa shape index (κ2) is 9.02. The van der Waals surface area contributed by atoms with E-state index in [4.69, 9.17) is 0 Å². The number of unbranched alkanes of at least 4 members (excludes halogenated alkanes) is 1. The summed E-state index contributed by atoms with van der Waals surface area (Å²) < 4.78 is 0. The van der Waals surface area contributed by atoms with Crippen molar-refractivity contribution in [1.82, 2.24) is 10.2 Å². The molecule has 1 fully saturated rings. The van der Waals surface area contributed by atoms with Crippen molar-refractivity contribution in [2.24, 2.45) is 11.3 Å². The molecule has 2 amide bonds. The molecule has 0 unspecified atom stereocenters. The largest absolute Gasteiger partial charge is 0.355 e. The topological polar surface area (TPSA) is 49.4 Å². The molecular weight excluding hydrogens is 312 g/mol. The van der Waals surface area contributed by atoms with E-state index in [0.29, 0.717) is 12.5 Å². The highest BCUT2D eigenvalue weighted by atomic mass is 16.2. The first-order valence-corrected chi connectivity index (χ1v) is 9.56. The van der Waals surface area contributed by atoms with Gasteiger partial charge in [-0.1, -0.05) is 43.7 Å². The van der Waals surface area contributed by atoms with Crippen molar-refractivity contribution in [3.63, 3.8) is 0 Å². The van der Waals surface area contributed by atoms with E-state index in [1.165, 1.54) is 5.56 Å². The van der Waals surface area contributed by atoms with E-state index in [2.05, 4.69) is 36.5 Å². The molecule has 1 aromatic carbocycles. The summed E-state index contributed by atoms with van der Waals surface area (Å²) in [6.07, 6.45) is 5.07. The predicted molar refractivity (Wildman–Crippen MR) is 101 cm³/mol. The van der Waals surface area contributed by atoms with Crippen molar-refractivity contribution in [2.45, 2.75) is 52.9 Å². The van der Waals surface area contributed by atoms with E-state index in [1.54, 1.807) is 13.8 Å². The van der Waals surface area contributed by atoms with Gasteiger partial charge < -0.3 is 10.2 Å². The zero-order valence-electron chi connectivity index (χ0n) is 15.9. The molecule has 1 N–H and O–H groups in total. The standard InChI is InChI=1S/C21H32N2O2/c1-4-5-13-22-19(24)21(2,3)20(25)23-14-11-18(12-15-23)16-17-9-7-6-8-10-17/h6-10,18H,4-5,11-16H2,1-3H3,(H,22,24). The van der Waals surface area contributed by atoms with Crippen LogP contribution < -0.4 is 5.32 Å². The van der Waals surface area contributed by atoms with Crippen LogP contribution in [0.3, 0.4) is 0 Å². The molecule has 25 heavy (non-hydrogen) atoms. The Kier molecular flexibility index (Phi) is 7.03. The van der Waals surface area contributed by atoms with Gasteiger partial charge in [0.25, 0.3) is 0 Å². The van der Waals surface area contributed by atoms with Crippen molar-refractivity contribution < 1.29 is 9.59 Å². The lowest BCUT2D eigenvalue weighted by atomic mass is 9.86. The Morgan fingerprint density at radius 3 is 2.40 bits per heavy atom. The minimum atomic E-state index is -0.986. The molecule has 0 saturated carbocycles. The normalized spacial score (nSPS) is 15.9. The van der Waals surface area contributed by atoms with E-state index in [-0.39, 0.29) is 11.8 Å². The molecule has 0 aliphatic carbocycles. The summed E-state index contributed by atoms with van der Waals surface area (Å²) in [5.41, 5.74) is 0.378. The Labute approximate surface area is 152 Å². The van der Waals surface area contributed by atoms with Crippen LogP contribution in [0.4, 0.5) is 0 Å². The highest BCUT2D eigenvalue weighted by Crippen LogP contribution is 2.26. The van der Waals surface area contributed by atoms with Gasteiger partial charge in [-0.15, -0.1) is 0 Å². The Morgan fingerprint density at radius 1 is 1.16 bits per heavy atom. The number of piperidine rings is 1. The molecule has 2 rings (SSSR count). The number of amides is 2. The third kappa shape index (κ3) is 5.32. The van der Waals surface area contributed by atoms with E-state index in [9.17, 15) is 9.59 Å². The summed E-state index contributed by atoms with van der Waals surface area (Å²) >= 11 is 0. The van der Waals surface area contributed by atoms with Gasteiger partial charge in [-0.05, 0) is 51.0 Å². The van der Waals surface area contributed by atoms with Crippen LogP contribution in [0.5, 0.6) is 0 Å². The molecule has 1 aromatic rings. The molecule has 138 valence electrons. The number of benzene rings is 1. The SMILES string of the molecule is CCCCNC(=O)C(C)(C)C(=O)N1CCC(Cc2ccccc2)CC1. The molecule has 0 radical (unpaired) electrons. The summed E-state index contributed by atoms with van der Waals surface area (Å²) in [5, 5.41) is 2.90. The van der Waals surface area contributed by atoms with E-state index < -0.39 is 5.41 Å². The first-order valence-electron chi connectivity index (χ1n) is 9.56. The molecule has 0 aromatic heterocycles. The van der Waals surface area contributed by atoms with Gasteiger partial charge in [0.2, 0.25) is 11.8 Å². The Hall–Kier alpha value is -1.84. The number of carbonyl (C=O) groups is 2. The number of nitrogens with zero attached hydrogens (tertiary/aromatic N) is 1. The molecule has 1 aliphatic heterocycles. The van der Waals surface area contributed by atoms with Crippen LogP contribution >= 0.6 is 0 Å². The third-order valence-corrected chi connectivity index (χ3v) is 5.19. The van der Waals surface area contributed by atoms with Crippen LogP contribution in [-0.2, 0) is 16.0 Å². The fourth-order valence-corrected chi connectivity index (χ4v) is 3.38. The van der Waals surface area contributed by atoms with Gasteiger partial charge in [-0.2, -0.15) is 0 Å². The van der Waals surface area contributed by atoms with Crippen LogP contribution in [0.15, 0.2) is 30.3 Å². The monoisotopic (exact) mass is 344 g/mol. The maximum absolute atomic E-state index is 12.8. The quantitative estimate of drug-likeness (QED) is 0.609. The minimum Gasteiger partial charge on any atom is -0.355 e. The van der Waals surface area contributed by atoms with Crippen LogP contribution in [0, 0.1) is 11.3 Å². The minimum absolute atomic E-state index is 0.0420. The van der Waals surface area contributed by atoms with Gasteiger partial charge in [0.05, 0.1) is 0 Å². The van der Waals surface area contributed by atoms with Crippen LogP contribution in [0.25, 0.3) is 0 Å². The van der Waals surface area contributed by atoms with Gasteiger partial charge >= 0.3 is 0 Å². The van der Waals surface area contributed by atoms with E-state index in [1.807, 2.05) is 11.0 Å². The number of rotatable bonds is 7. The summed E-state index contributed by atoms with van der Waals surface area (Å²) in [4.78, 5) is 27.1. The zero-order valence-corrected chi connectivity index (χ0v) is 15.9. The average molecular weight is 344 g/mol. The highest BCUT2D eigenvalue weighted by molar-refractivity contribution is 6.04. The van der Waals surface area contributed by atoms with E-state index >= 15 is 0 Å². The van der Waals surface area contributed by atoms with Crippen molar-refractivity contribution >= 4 is 11.8 Å². The average Bonchev–Trinajstić information content (AvgIpc) is 2.62. The van der Waals surface area contributed by atoms with Crippen molar-refractivity contribution in [2.75, 3.05) is 19.6 Å². The second-order valence-corrected chi connectivity index (χ2v) is 7.66. The number of nitrogens with one attached hydrogen (secondary N) is 1. The summed E-state index contributed by atoms with van der Waals surface area (Å²) in [5.74, 6) is 0.421. The highest BCUT2D eigenvalue weighted by Gasteiger charge is 2.39. The van der Waals surface area contributed by atoms with Crippen LogP contribution in [0.2, 0.25) is 0 Å². The Morgan fingerprint density at radius 2 is 1.80 bits per heavy atom. The zero-order chi connectivity index (χ0) is 18.3. The lowest BCUT2D eigenvalue weighted by Crippen LogP contribution is -2.51. The van der Waals surface area contributed by atoms with Crippen molar-refractivity contribution in [1.29, 1.82) is 0 Å². The molecule has 1 saturated heterocycles. The molecule has 4 heteroatoms. The number of likely N-dealkylation sites (tertiary alicyclic amines) is 1. The fraction of sp³-hybridized carbons (Fsp3) is 0.619. The second-order valence-electron chi connectivity index (χ2n) is 7.66. The van der Waals surface area contributed by atoms with Gasteiger partial charge in [0, 0.05) is 19.6 Å². The van der Waals surface area contributed by atoms with Gasteiger partial charge in [0.1, 0.15) is 5.41 Å². The number of carbonyl (C=O) groups excluding carboxylic acids is 2. The maximum atomic E-state index is 12.8. The van der Waals surface area contributed by atoms with Crippen molar-refractivity contribution in [3.05, 3.63) is 35.9 Å². The number of hydrogen-bond donors (Lipinski definition) is 1. The summed E-state index contributed by atoms with van der Waals surface area (Å²) in [6, 6.07) is 10.5. The fourth-order valence-electron chi connectivity index (χ4n) is 3.38. The molecule has 0 spiro atoms. The van der Waals surface area contributed by atoms with Gasteiger partial charge in [-0.25, -0.2) is 0 Å². The molecule has 1 heterocycles. The summed E-state index contributed by atoms with van der Waals surface area (Å²) in [6.45, 7) is 7.72. The molecule has 0 bridgehead atoms. The van der Waals surface area contributed by atoms with Crippen molar-refractivity contribution in [3.8, 4) is 0 Å². The van der Waals surface area contributed by atoms with E-state index in [0.717, 1.165) is 45.2 Å². The first kappa shape index (κ1) is 19.5. The predicted octanol–water partition coefficient (Wildman–Crippen LogP) is 3.41. The molecule has 4 nitrogen and oxygen atoms in total. The Bertz CT molecular complexity index is 561. The molecule has 1 aliphatic rings.